The first-order valence-corrected chi connectivity index (χ1v) is 10.8. The third kappa shape index (κ3) is 3.46. The summed E-state index contributed by atoms with van der Waals surface area (Å²) in [7, 11) is 1.65. The van der Waals surface area contributed by atoms with Gasteiger partial charge in [0.15, 0.2) is 5.82 Å². The number of hydrogen-bond acceptors (Lipinski definition) is 6. The van der Waals surface area contributed by atoms with Gasteiger partial charge in [-0.15, -0.1) is 5.10 Å². The molecule has 8 heteroatoms. The average molecular weight is 431 g/mol. The SMILES string of the molecule is COCCn1nnnc1[C@H](c1cc2cc(C)c(C)cc2[nH]c1=O)N1CCc2ccccc21. The first kappa shape index (κ1) is 20.4. The molecule has 0 saturated heterocycles. The molecule has 0 saturated carbocycles. The Balaban J connectivity index is 1.71. The predicted octanol–water partition coefficient (Wildman–Crippen LogP) is 2.93. The van der Waals surface area contributed by atoms with Gasteiger partial charge >= 0.3 is 0 Å². The van der Waals surface area contributed by atoms with E-state index in [0.717, 1.165) is 35.1 Å². The van der Waals surface area contributed by atoms with E-state index < -0.39 is 6.04 Å². The first-order chi connectivity index (χ1) is 15.6. The third-order valence-electron chi connectivity index (χ3n) is 6.33. The molecular formula is C24H26N6O2. The van der Waals surface area contributed by atoms with Crippen molar-refractivity contribution in [3.05, 3.63) is 80.9 Å². The fourth-order valence-electron chi connectivity index (χ4n) is 4.52. The van der Waals surface area contributed by atoms with Crippen LogP contribution in [0.4, 0.5) is 5.69 Å². The lowest BCUT2D eigenvalue weighted by atomic mass is 10.0. The maximum atomic E-state index is 13.4. The molecule has 1 aliphatic rings. The molecule has 1 atom stereocenters. The summed E-state index contributed by atoms with van der Waals surface area (Å²) < 4.78 is 6.98. The largest absolute Gasteiger partial charge is 0.383 e. The molecule has 4 aromatic rings. The van der Waals surface area contributed by atoms with Crippen molar-refractivity contribution in [3.8, 4) is 0 Å². The highest BCUT2D eigenvalue weighted by atomic mass is 16.5. The van der Waals surface area contributed by atoms with Gasteiger partial charge in [0.25, 0.3) is 5.56 Å². The highest BCUT2D eigenvalue weighted by Crippen LogP contribution is 2.37. The topological polar surface area (TPSA) is 88.9 Å². The number of aromatic amines is 1. The molecule has 5 rings (SSSR count). The van der Waals surface area contributed by atoms with Crippen LogP contribution in [0.25, 0.3) is 10.9 Å². The number of hydrogen-bond donors (Lipinski definition) is 1. The minimum atomic E-state index is -0.416. The van der Waals surface area contributed by atoms with Gasteiger partial charge in [-0.25, -0.2) is 4.68 Å². The van der Waals surface area contributed by atoms with Crippen molar-refractivity contribution in [1.82, 2.24) is 25.2 Å². The summed E-state index contributed by atoms with van der Waals surface area (Å²) in [6, 6.07) is 14.0. The highest BCUT2D eigenvalue weighted by Gasteiger charge is 2.34. The van der Waals surface area contributed by atoms with E-state index in [1.54, 1.807) is 11.8 Å². The fourth-order valence-corrected chi connectivity index (χ4v) is 4.52. The van der Waals surface area contributed by atoms with Crippen molar-refractivity contribution in [2.45, 2.75) is 32.9 Å². The minimum absolute atomic E-state index is 0.128. The van der Waals surface area contributed by atoms with E-state index in [0.29, 0.717) is 24.5 Å². The molecule has 164 valence electrons. The molecule has 0 fully saturated rings. The molecule has 0 unspecified atom stereocenters. The number of H-pyrrole nitrogens is 1. The molecule has 2 aromatic carbocycles. The third-order valence-corrected chi connectivity index (χ3v) is 6.33. The van der Waals surface area contributed by atoms with Gasteiger partial charge in [0, 0.05) is 30.4 Å². The second-order valence-electron chi connectivity index (χ2n) is 8.31. The second kappa shape index (κ2) is 8.20. The number of nitrogens with zero attached hydrogens (tertiary/aromatic N) is 5. The summed E-state index contributed by atoms with van der Waals surface area (Å²) in [4.78, 5) is 18.7. The Bertz CT molecular complexity index is 1340. The lowest BCUT2D eigenvalue weighted by Gasteiger charge is -2.29. The molecule has 0 spiro atoms. The molecule has 0 radical (unpaired) electrons. The van der Waals surface area contributed by atoms with Crippen LogP contribution in [0.1, 0.15) is 34.1 Å². The highest BCUT2D eigenvalue weighted by molar-refractivity contribution is 5.81. The van der Waals surface area contributed by atoms with Gasteiger partial charge in [-0.3, -0.25) is 4.79 Å². The zero-order chi connectivity index (χ0) is 22.2. The molecule has 3 heterocycles. The molecule has 8 nitrogen and oxygen atoms in total. The van der Waals surface area contributed by atoms with Crippen molar-refractivity contribution in [2.75, 3.05) is 25.2 Å². The lowest BCUT2D eigenvalue weighted by molar-refractivity contribution is 0.181. The predicted molar refractivity (Wildman–Crippen MR) is 123 cm³/mol. The van der Waals surface area contributed by atoms with Gasteiger partial charge < -0.3 is 14.6 Å². The van der Waals surface area contributed by atoms with E-state index in [1.807, 2.05) is 24.3 Å². The number of fused-ring (bicyclic) bond motifs is 2. The summed E-state index contributed by atoms with van der Waals surface area (Å²) in [5, 5.41) is 13.5. The van der Waals surface area contributed by atoms with Crippen molar-refractivity contribution in [2.24, 2.45) is 0 Å². The number of rotatable bonds is 6. The molecule has 32 heavy (non-hydrogen) atoms. The van der Waals surface area contributed by atoms with E-state index >= 15 is 0 Å². The summed E-state index contributed by atoms with van der Waals surface area (Å²) in [6.07, 6.45) is 0.913. The number of para-hydroxylation sites is 1. The van der Waals surface area contributed by atoms with Crippen LogP contribution in [-0.2, 0) is 17.7 Å². The number of aromatic nitrogens is 5. The number of ether oxygens (including phenoxy) is 1. The summed E-state index contributed by atoms with van der Waals surface area (Å²) >= 11 is 0. The number of nitrogens with one attached hydrogen (secondary N) is 1. The Hall–Kier alpha value is -3.52. The van der Waals surface area contributed by atoms with Gasteiger partial charge in [-0.2, -0.15) is 0 Å². The maximum Gasteiger partial charge on any atom is 0.254 e. The Morgan fingerprint density at radius 3 is 2.81 bits per heavy atom. The molecule has 0 bridgehead atoms. The number of benzene rings is 2. The van der Waals surface area contributed by atoms with Gasteiger partial charge in [0.2, 0.25) is 0 Å². The number of aryl methyl sites for hydroxylation is 2. The molecule has 0 amide bonds. The van der Waals surface area contributed by atoms with Crippen LogP contribution in [0.3, 0.4) is 0 Å². The van der Waals surface area contributed by atoms with Crippen LogP contribution in [0.15, 0.2) is 47.3 Å². The number of anilines is 1. The number of pyridine rings is 1. The van der Waals surface area contributed by atoms with Crippen LogP contribution in [0.5, 0.6) is 0 Å². The zero-order valence-corrected chi connectivity index (χ0v) is 18.5. The zero-order valence-electron chi connectivity index (χ0n) is 18.5. The van der Waals surface area contributed by atoms with Gasteiger partial charge in [0.05, 0.1) is 13.2 Å². The van der Waals surface area contributed by atoms with Crippen molar-refractivity contribution < 1.29 is 4.74 Å². The number of tetrazole rings is 1. The normalized spacial score (nSPS) is 14.2. The standard InChI is InChI=1S/C24H26N6O2/c1-15-12-18-14-19(24(31)25-20(18)13-16(15)2)22(23-26-27-28-30(23)10-11-32-3)29-9-8-17-6-4-5-7-21(17)29/h4-7,12-14,22H,8-11H2,1-3H3,(H,25,31)/t22-/m0/s1. The van der Waals surface area contributed by atoms with Crippen LogP contribution in [-0.4, -0.2) is 45.5 Å². The quantitative estimate of drug-likeness (QED) is 0.506. The van der Waals surface area contributed by atoms with Gasteiger partial charge in [0.1, 0.15) is 6.04 Å². The van der Waals surface area contributed by atoms with Crippen molar-refractivity contribution in [3.63, 3.8) is 0 Å². The Kier molecular flexibility index (Phi) is 5.22. The van der Waals surface area contributed by atoms with E-state index in [1.165, 1.54) is 11.1 Å². The maximum absolute atomic E-state index is 13.4. The summed E-state index contributed by atoms with van der Waals surface area (Å²) in [6.45, 7) is 5.90. The average Bonchev–Trinajstić information content (AvgIpc) is 3.42. The van der Waals surface area contributed by atoms with Gasteiger partial charge in [-0.05, 0) is 77.0 Å². The van der Waals surface area contributed by atoms with E-state index in [9.17, 15) is 4.79 Å². The van der Waals surface area contributed by atoms with E-state index in [-0.39, 0.29) is 5.56 Å². The van der Waals surface area contributed by atoms with Crippen LogP contribution < -0.4 is 10.5 Å². The van der Waals surface area contributed by atoms with Crippen LogP contribution in [0.2, 0.25) is 0 Å². The minimum Gasteiger partial charge on any atom is -0.383 e. The molecule has 1 N–H and O–H groups in total. The lowest BCUT2D eigenvalue weighted by Crippen LogP contribution is -2.34. The first-order valence-electron chi connectivity index (χ1n) is 10.8. The van der Waals surface area contributed by atoms with Crippen molar-refractivity contribution in [1.29, 1.82) is 0 Å². The molecular weight excluding hydrogens is 404 g/mol. The van der Waals surface area contributed by atoms with Gasteiger partial charge in [-0.1, -0.05) is 18.2 Å². The monoisotopic (exact) mass is 430 g/mol. The van der Waals surface area contributed by atoms with E-state index in [4.69, 9.17) is 4.74 Å². The molecule has 1 aliphatic heterocycles. The Morgan fingerprint density at radius 2 is 1.97 bits per heavy atom. The second-order valence-corrected chi connectivity index (χ2v) is 8.31. The summed E-state index contributed by atoms with van der Waals surface area (Å²) in [5.74, 6) is 0.632. The number of methoxy groups -OCH3 is 1. The smallest absolute Gasteiger partial charge is 0.254 e. The van der Waals surface area contributed by atoms with Crippen LogP contribution in [0, 0.1) is 13.8 Å². The van der Waals surface area contributed by atoms with E-state index in [2.05, 4.69) is 57.5 Å². The molecule has 0 aliphatic carbocycles. The fraction of sp³-hybridized carbons (Fsp3) is 0.333. The van der Waals surface area contributed by atoms with Crippen LogP contribution >= 0.6 is 0 Å². The Morgan fingerprint density at radius 1 is 1.16 bits per heavy atom. The Labute approximate surface area is 185 Å². The molecule has 2 aromatic heterocycles. The van der Waals surface area contributed by atoms with Crippen molar-refractivity contribution >= 4 is 16.6 Å². The summed E-state index contributed by atoms with van der Waals surface area (Å²) in [5.41, 5.74) is 6.04.